The third-order valence-electron chi connectivity index (χ3n) is 2.57. The molecular formula is C13H10O5. The van der Waals surface area contributed by atoms with E-state index in [4.69, 9.17) is 9.84 Å². The fourth-order valence-corrected chi connectivity index (χ4v) is 1.63. The predicted octanol–water partition coefficient (Wildman–Crippen LogP) is 1.28. The number of carbonyl (C=O) groups is 3. The van der Waals surface area contributed by atoms with Crippen LogP contribution in [0.25, 0.3) is 5.76 Å². The highest BCUT2D eigenvalue weighted by atomic mass is 16.5. The molecule has 0 spiro atoms. The van der Waals surface area contributed by atoms with Crippen molar-refractivity contribution in [1.82, 2.24) is 0 Å². The van der Waals surface area contributed by atoms with E-state index in [9.17, 15) is 14.4 Å². The summed E-state index contributed by atoms with van der Waals surface area (Å²) < 4.78 is 5.19. The molecule has 5 nitrogen and oxygen atoms in total. The number of Topliss-reactive ketones (excluding diaryl/α,β-unsaturated/α-hetero) is 1. The molecule has 0 fully saturated rings. The summed E-state index contributed by atoms with van der Waals surface area (Å²) in [5.41, 5.74) is 0.674. The fraction of sp³-hybridized carbons (Fsp3) is 0.154. The maximum absolute atomic E-state index is 11.6. The molecule has 92 valence electrons. The van der Waals surface area contributed by atoms with Gasteiger partial charge in [-0.2, -0.15) is 0 Å². The Labute approximate surface area is 103 Å². The Balaban J connectivity index is 2.42. The van der Waals surface area contributed by atoms with Gasteiger partial charge in [0.05, 0.1) is 0 Å². The zero-order chi connectivity index (χ0) is 13.3. The third kappa shape index (κ3) is 2.02. The lowest BCUT2D eigenvalue weighted by atomic mass is 9.94. The standard InChI is InChI=1S/C13H10O5/c1-7(13(16)17)18-11-6-10(14)12(15)9-5-3-2-4-8(9)11/h2-7H,1H3,(H,16,17). The molecule has 0 saturated carbocycles. The van der Waals surface area contributed by atoms with Gasteiger partial charge in [0.15, 0.2) is 6.10 Å². The minimum atomic E-state index is -1.14. The Bertz CT molecular complexity index is 570. The number of carboxylic acid groups (broad SMARTS) is 1. The topological polar surface area (TPSA) is 80.7 Å². The number of ketones is 2. The van der Waals surface area contributed by atoms with Crippen molar-refractivity contribution in [3.05, 3.63) is 41.5 Å². The predicted molar refractivity (Wildman–Crippen MR) is 61.9 cm³/mol. The number of allylic oxidation sites excluding steroid dienone is 1. The number of fused-ring (bicyclic) bond motifs is 1. The SMILES string of the molecule is CC(OC1=CC(=O)C(=O)c2ccccc21)C(=O)O. The van der Waals surface area contributed by atoms with Crippen LogP contribution in [0.3, 0.4) is 0 Å². The first-order valence-corrected chi connectivity index (χ1v) is 5.30. The van der Waals surface area contributed by atoms with Crippen LogP contribution in [-0.2, 0) is 14.3 Å². The van der Waals surface area contributed by atoms with Crippen LogP contribution in [0.15, 0.2) is 30.3 Å². The maximum Gasteiger partial charge on any atom is 0.344 e. The molecule has 0 bridgehead atoms. The van der Waals surface area contributed by atoms with E-state index in [2.05, 4.69) is 0 Å². The monoisotopic (exact) mass is 246 g/mol. The highest BCUT2D eigenvalue weighted by Crippen LogP contribution is 2.26. The molecule has 0 amide bonds. The van der Waals surface area contributed by atoms with Crippen molar-refractivity contribution in [2.75, 3.05) is 0 Å². The molecule has 18 heavy (non-hydrogen) atoms. The molecular weight excluding hydrogens is 236 g/mol. The second-order valence-electron chi connectivity index (χ2n) is 3.85. The zero-order valence-corrected chi connectivity index (χ0v) is 9.54. The van der Waals surface area contributed by atoms with Gasteiger partial charge in [0.2, 0.25) is 11.6 Å². The molecule has 0 aromatic heterocycles. The molecule has 1 aromatic rings. The first-order chi connectivity index (χ1) is 8.50. The van der Waals surface area contributed by atoms with E-state index in [1.807, 2.05) is 0 Å². The van der Waals surface area contributed by atoms with Crippen molar-refractivity contribution in [3.63, 3.8) is 0 Å². The molecule has 0 aliphatic heterocycles. The lowest BCUT2D eigenvalue weighted by molar-refractivity contribution is -0.145. The number of benzene rings is 1. The zero-order valence-electron chi connectivity index (χ0n) is 9.54. The number of rotatable bonds is 3. The maximum atomic E-state index is 11.6. The molecule has 1 aliphatic carbocycles. The number of carboxylic acids is 1. The number of hydrogen-bond donors (Lipinski definition) is 1. The highest BCUT2D eigenvalue weighted by molar-refractivity contribution is 6.50. The summed E-state index contributed by atoms with van der Waals surface area (Å²) >= 11 is 0. The van der Waals surface area contributed by atoms with Crippen molar-refractivity contribution >= 4 is 23.3 Å². The van der Waals surface area contributed by atoms with Gasteiger partial charge < -0.3 is 9.84 Å². The van der Waals surface area contributed by atoms with Gasteiger partial charge in [-0.05, 0) is 6.92 Å². The summed E-state index contributed by atoms with van der Waals surface area (Å²) in [6, 6.07) is 6.44. The Morgan fingerprint density at radius 3 is 2.44 bits per heavy atom. The number of hydrogen-bond acceptors (Lipinski definition) is 4. The molecule has 2 rings (SSSR count). The molecule has 0 saturated heterocycles. The van der Waals surface area contributed by atoms with Crippen molar-refractivity contribution in [1.29, 1.82) is 0 Å². The molecule has 0 radical (unpaired) electrons. The summed E-state index contributed by atoms with van der Waals surface area (Å²) in [4.78, 5) is 33.8. The van der Waals surface area contributed by atoms with Crippen LogP contribution in [-0.4, -0.2) is 28.7 Å². The van der Waals surface area contributed by atoms with E-state index in [1.54, 1.807) is 18.2 Å². The van der Waals surface area contributed by atoms with Crippen LogP contribution in [0.1, 0.15) is 22.8 Å². The van der Waals surface area contributed by atoms with Crippen LogP contribution < -0.4 is 0 Å². The van der Waals surface area contributed by atoms with Gasteiger partial charge in [-0.25, -0.2) is 4.79 Å². The number of carbonyl (C=O) groups excluding carboxylic acids is 2. The molecule has 1 N–H and O–H groups in total. The minimum absolute atomic E-state index is 0.116. The van der Waals surface area contributed by atoms with Crippen molar-refractivity contribution < 1.29 is 24.2 Å². The summed E-state index contributed by atoms with van der Waals surface area (Å²) in [5, 5.41) is 8.77. The van der Waals surface area contributed by atoms with Crippen LogP contribution in [0.4, 0.5) is 0 Å². The largest absolute Gasteiger partial charge is 0.479 e. The van der Waals surface area contributed by atoms with Crippen LogP contribution in [0.2, 0.25) is 0 Å². The lowest BCUT2D eigenvalue weighted by Gasteiger charge is -2.18. The first kappa shape index (κ1) is 12.0. The van der Waals surface area contributed by atoms with Gasteiger partial charge in [-0.15, -0.1) is 0 Å². The number of aliphatic carboxylic acids is 1. The Morgan fingerprint density at radius 2 is 1.83 bits per heavy atom. The summed E-state index contributed by atoms with van der Waals surface area (Å²) in [7, 11) is 0. The van der Waals surface area contributed by atoms with E-state index in [-0.39, 0.29) is 11.3 Å². The van der Waals surface area contributed by atoms with Crippen molar-refractivity contribution in [2.45, 2.75) is 13.0 Å². The molecule has 1 aromatic carbocycles. The minimum Gasteiger partial charge on any atom is -0.479 e. The molecule has 1 unspecified atom stereocenters. The van der Waals surface area contributed by atoms with E-state index in [0.29, 0.717) is 5.56 Å². The Kier molecular flexibility index (Phi) is 2.97. The Hall–Kier alpha value is -2.43. The summed E-state index contributed by atoms with van der Waals surface area (Å²) in [6.45, 7) is 1.35. The van der Waals surface area contributed by atoms with E-state index >= 15 is 0 Å². The second kappa shape index (κ2) is 4.44. The molecule has 0 heterocycles. The van der Waals surface area contributed by atoms with Gasteiger partial charge in [-0.3, -0.25) is 9.59 Å². The highest BCUT2D eigenvalue weighted by Gasteiger charge is 2.28. The summed E-state index contributed by atoms with van der Waals surface area (Å²) in [5.74, 6) is -2.34. The number of ether oxygens (including phenoxy) is 1. The van der Waals surface area contributed by atoms with Crippen molar-refractivity contribution in [2.24, 2.45) is 0 Å². The van der Waals surface area contributed by atoms with Gasteiger partial charge in [0.1, 0.15) is 5.76 Å². The fourth-order valence-electron chi connectivity index (χ4n) is 1.63. The molecule has 1 aliphatic rings. The molecule has 1 atom stereocenters. The molecule has 5 heteroatoms. The summed E-state index contributed by atoms with van der Waals surface area (Å²) in [6.07, 6.45) is -0.0605. The second-order valence-corrected chi connectivity index (χ2v) is 3.85. The normalized spacial score (nSPS) is 15.7. The van der Waals surface area contributed by atoms with Crippen LogP contribution in [0, 0.1) is 0 Å². The van der Waals surface area contributed by atoms with E-state index in [1.165, 1.54) is 13.0 Å². The average molecular weight is 246 g/mol. The first-order valence-electron chi connectivity index (χ1n) is 5.30. The van der Waals surface area contributed by atoms with Crippen LogP contribution >= 0.6 is 0 Å². The van der Waals surface area contributed by atoms with Crippen LogP contribution in [0.5, 0.6) is 0 Å². The van der Waals surface area contributed by atoms with Gasteiger partial charge >= 0.3 is 5.97 Å². The van der Waals surface area contributed by atoms with Gasteiger partial charge in [0.25, 0.3) is 0 Å². The van der Waals surface area contributed by atoms with Gasteiger partial charge in [0, 0.05) is 17.2 Å². The lowest BCUT2D eigenvalue weighted by Crippen LogP contribution is -2.24. The van der Waals surface area contributed by atoms with E-state index < -0.39 is 23.6 Å². The Morgan fingerprint density at radius 1 is 1.22 bits per heavy atom. The average Bonchev–Trinajstić information content (AvgIpc) is 2.35. The smallest absolute Gasteiger partial charge is 0.344 e. The quantitative estimate of drug-likeness (QED) is 0.812. The van der Waals surface area contributed by atoms with Gasteiger partial charge in [-0.1, -0.05) is 24.3 Å². The third-order valence-corrected chi connectivity index (χ3v) is 2.57. The van der Waals surface area contributed by atoms with E-state index in [0.717, 1.165) is 6.08 Å². The van der Waals surface area contributed by atoms with Crippen molar-refractivity contribution in [3.8, 4) is 0 Å².